The van der Waals surface area contributed by atoms with Crippen LogP contribution < -0.4 is 0 Å². The molecule has 0 saturated carbocycles. The van der Waals surface area contributed by atoms with Crippen LogP contribution in [0.25, 0.3) is 22.6 Å². The Kier molecular flexibility index (Phi) is 2.45. The number of nitrogens with one attached hydrogen (secondary N) is 1. The Morgan fingerprint density at radius 3 is 2.83 bits per heavy atom. The van der Waals surface area contributed by atoms with Crippen molar-refractivity contribution < 1.29 is 14.3 Å². The van der Waals surface area contributed by atoms with Crippen molar-refractivity contribution in [3.8, 4) is 11.6 Å². The maximum atomic E-state index is 10.9. The van der Waals surface area contributed by atoms with Crippen LogP contribution in [0.1, 0.15) is 10.4 Å². The van der Waals surface area contributed by atoms with Gasteiger partial charge >= 0.3 is 5.97 Å². The molecule has 0 bridgehead atoms. The van der Waals surface area contributed by atoms with Crippen LogP contribution in [-0.4, -0.2) is 21.0 Å². The number of hydrogen-bond donors (Lipinski definition) is 2. The highest BCUT2D eigenvalue weighted by molar-refractivity contribution is 9.10. The van der Waals surface area contributed by atoms with E-state index in [4.69, 9.17) is 9.52 Å². The molecular formula is C12H7BrN2O3. The van der Waals surface area contributed by atoms with Gasteiger partial charge in [0, 0.05) is 0 Å². The van der Waals surface area contributed by atoms with Crippen LogP contribution in [0.4, 0.5) is 0 Å². The van der Waals surface area contributed by atoms with E-state index in [0.29, 0.717) is 27.3 Å². The molecule has 0 unspecified atom stereocenters. The average Bonchev–Trinajstić information content (AvgIpc) is 2.93. The Morgan fingerprint density at radius 1 is 1.33 bits per heavy atom. The second-order valence-electron chi connectivity index (χ2n) is 3.73. The Bertz CT molecular complexity index is 745. The number of carbonyl (C=O) groups is 1. The highest BCUT2D eigenvalue weighted by atomic mass is 79.9. The van der Waals surface area contributed by atoms with Crippen LogP contribution in [0, 0.1) is 0 Å². The molecular weight excluding hydrogens is 300 g/mol. The molecule has 2 N–H and O–H groups in total. The van der Waals surface area contributed by atoms with Crippen molar-refractivity contribution in [1.82, 2.24) is 9.97 Å². The van der Waals surface area contributed by atoms with E-state index in [0.717, 1.165) is 0 Å². The third kappa shape index (κ3) is 1.80. The van der Waals surface area contributed by atoms with Crippen LogP contribution in [0.15, 0.2) is 39.4 Å². The van der Waals surface area contributed by atoms with Gasteiger partial charge in [0.2, 0.25) is 0 Å². The first kappa shape index (κ1) is 11.0. The van der Waals surface area contributed by atoms with Gasteiger partial charge in [0.15, 0.2) is 16.3 Å². The lowest BCUT2D eigenvalue weighted by atomic mass is 10.2. The van der Waals surface area contributed by atoms with Crippen LogP contribution >= 0.6 is 15.9 Å². The van der Waals surface area contributed by atoms with E-state index in [2.05, 4.69) is 25.9 Å². The predicted molar refractivity (Wildman–Crippen MR) is 68.5 cm³/mol. The summed E-state index contributed by atoms with van der Waals surface area (Å²) in [6.07, 6.45) is 0. The highest BCUT2D eigenvalue weighted by Gasteiger charge is 2.11. The van der Waals surface area contributed by atoms with Gasteiger partial charge in [-0.15, -0.1) is 0 Å². The summed E-state index contributed by atoms with van der Waals surface area (Å²) in [5.41, 5.74) is 1.58. The van der Waals surface area contributed by atoms with Gasteiger partial charge in [0.1, 0.15) is 0 Å². The fourth-order valence-corrected chi connectivity index (χ4v) is 2.01. The lowest BCUT2D eigenvalue weighted by Crippen LogP contribution is -1.94. The van der Waals surface area contributed by atoms with E-state index in [9.17, 15) is 4.79 Å². The number of fused-ring (bicyclic) bond motifs is 1. The Labute approximate surface area is 110 Å². The smallest absolute Gasteiger partial charge is 0.335 e. The molecule has 90 valence electrons. The van der Waals surface area contributed by atoms with Crippen LogP contribution in [0.2, 0.25) is 0 Å². The molecule has 3 rings (SSSR count). The summed E-state index contributed by atoms with van der Waals surface area (Å²) in [7, 11) is 0. The third-order valence-corrected chi connectivity index (χ3v) is 2.96. The first-order chi connectivity index (χ1) is 8.63. The Balaban J connectivity index is 2.13. The van der Waals surface area contributed by atoms with Gasteiger partial charge in [-0.1, -0.05) is 0 Å². The number of aromatic amines is 1. The molecule has 0 aliphatic carbocycles. The molecule has 0 radical (unpaired) electrons. The molecule has 0 fully saturated rings. The minimum atomic E-state index is -0.964. The van der Waals surface area contributed by atoms with Crippen molar-refractivity contribution in [1.29, 1.82) is 0 Å². The van der Waals surface area contributed by atoms with E-state index in [-0.39, 0.29) is 5.56 Å². The number of aromatic nitrogens is 2. The first-order valence-corrected chi connectivity index (χ1v) is 5.91. The monoisotopic (exact) mass is 306 g/mol. The fraction of sp³-hybridized carbons (Fsp3) is 0. The van der Waals surface area contributed by atoms with Crippen LogP contribution in [0.3, 0.4) is 0 Å². The first-order valence-electron chi connectivity index (χ1n) is 5.12. The molecule has 0 aliphatic heterocycles. The van der Waals surface area contributed by atoms with Gasteiger partial charge in [-0.3, -0.25) is 0 Å². The summed E-state index contributed by atoms with van der Waals surface area (Å²) in [6.45, 7) is 0. The molecule has 18 heavy (non-hydrogen) atoms. The molecule has 2 heterocycles. The Morgan fingerprint density at radius 2 is 2.17 bits per heavy atom. The summed E-state index contributed by atoms with van der Waals surface area (Å²) in [5, 5.41) is 8.91. The number of furan rings is 1. The number of rotatable bonds is 2. The van der Waals surface area contributed by atoms with Crippen molar-refractivity contribution in [3.05, 3.63) is 40.6 Å². The van der Waals surface area contributed by atoms with Gasteiger partial charge in [-0.2, -0.15) is 0 Å². The third-order valence-electron chi connectivity index (χ3n) is 2.54. The van der Waals surface area contributed by atoms with Gasteiger partial charge in [0.05, 0.1) is 16.6 Å². The molecule has 0 spiro atoms. The number of carboxylic acids is 1. The van der Waals surface area contributed by atoms with Gasteiger partial charge in [0.25, 0.3) is 0 Å². The zero-order valence-corrected chi connectivity index (χ0v) is 10.6. The molecule has 0 aliphatic rings. The predicted octanol–water partition coefficient (Wildman–Crippen LogP) is 3.28. The number of H-pyrrole nitrogens is 1. The number of imidazole rings is 1. The minimum Gasteiger partial charge on any atom is -0.478 e. The number of benzene rings is 1. The van der Waals surface area contributed by atoms with Crippen LogP contribution in [0.5, 0.6) is 0 Å². The lowest BCUT2D eigenvalue weighted by Gasteiger charge is -1.92. The van der Waals surface area contributed by atoms with Crippen molar-refractivity contribution in [3.63, 3.8) is 0 Å². The molecule has 2 aromatic heterocycles. The highest BCUT2D eigenvalue weighted by Crippen LogP contribution is 2.25. The van der Waals surface area contributed by atoms with E-state index in [1.807, 2.05) is 0 Å². The number of aromatic carboxylic acids is 1. The van der Waals surface area contributed by atoms with E-state index in [1.54, 1.807) is 24.3 Å². The zero-order valence-electron chi connectivity index (χ0n) is 8.98. The summed E-state index contributed by atoms with van der Waals surface area (Å²) >= 11 is 3.22. The topological polar surface area (TPSA) is 79.1 Å². The molecule has 1 aromatic carbocycles. The molecule has 0 saturated heterocycles. The van der Waals surface area contributed by atoms with Crippen molar-refractivity contribution in [2.24, 2.45) is 0 Å². The number of hydrogen-bond acceptors (Lipinski definition) is 3. The second-order valence-corrected chi connectivity index (χ2v) is 4.51. The maximum absolute atomic E-state index is 10.9. The van der Waals surface area contributed by atoms with E-state index in [1.165, 1.54) is 6.07 Å². The van der Waals surface area contributed by atoms with Crippen molar-refractivity contribution in [2.75, 3.05) is 0 Å². The van der Waals surface area contributed by atoms with E-state index < -0.39 is 5.97 Å². The minimum absolute atomic E-state index is 0.221. The van der Waals surface area contributed by atoms with Gasteiger partial charge in [-0.05, 0) is 46.3 Å². The standard InChI is InChI=1S/C12H7BrN2O3/c13-10-4-3-9(18-10)11-14-7-2-1-6(12(16)17)5-8(7)15-11/h1-5H,(H,14,15)(H,16,17). The van der Waals surface area contributed by atoms with E-state index >= 15 is 0 Å². The number of carboxylic acid groups (broad SMARTS) is 1. The maximum Gasteiger partial charge on any atom is 0.335 e. The summed E-state index contributed by atoms with van der Waals surface area (Å²) < 4.78 is 6.00. The lowest BCUT2D eigenvalue weighted by molar-refractivity contribution is 0.0697. The van der Waals surface area contributed by atoms with Gasteiger partial charge in [-0.25, -0.2) is 9.78 Å². The van der Waals surface area contributed by atoms with Gasteiger partial charge < -0.3 is 14.5 Å². The quantitative estimate of drug-likeness (QED) is 0.761. The SMILES string of the molecule is O=C(O)c1ccc2nc(-c3ccc(Br)o3)[nH]c2c1. The second kappa shape index (κ2) is 3.99. The zero-order chi connectivity index (χ0) is 12.7. The number of halogens is 1. The molecule has 6 heteroatoms. The molecule has 3 aromatic rings. The largest absolute Gasteiger partial charge is 0.478 e. The number of nitrogens with zero attached hydrogens (tertiary/aromatic N) is 1. The fourth-order valence-electron chi connectivity index (χ4n) is 1.70. The molecule has 0 amide bonds. The van der Waals surface area contributed by atoms with Crippen LogP contribution in [-0.2, 0) is 0 Å². The summed E-state index contributed by atoms with van der Waals surface area (Å²) in [6, 6.07) is 8.28. The Hall–Kier alpha value is -2.08. The van der Waals surface area contributed by atoms with Crippen molar-refractivity contribution in [2.45, 2.75) is 0 Å². The van der Waals surface area contributed by atoms with Crippen molar-refractivity contribution >= 4 is 32.9 Å². The average molecular weight is 307 g/mol. The molecule has 0 atom stereocenters. The summed E-state index contributed by atoms with van der Waals surface area (Å²) in [5.74, 6) is 0.196. The normalized spacial score (nSPS) is 10.9. The molecule has 5 nitrogen and oxygen atoms in total. The summed E-state index contributed by atoms with van der Waals surface area (Å²) in [4.78, 5) is 18.2.